The summed E-state index contributed by atoms with van der Waals surface area (Å²) in [5, 5.41) is 3.63. The fourth-order valence-electron chi connectivity index (χ4n) is 3.97. The second kappa shape index (κ2) is 7.77. The largest absolute Gasteiger partial charge is 0.465 e. The van der Waals surface area contributed by atoms with Gasteiger partial charge in [0, 0.05) is 11.1 Å². The van der Waals surface area contributed by atoms with Crippen LogP contribution in [0, 0.1) is 5.41 Å². The van der Waals surface area contributed by atoms with Crippen LogP contribution in [0.5, 0.6) is 0 Å². The van der Waals surface area contributed by atoms with Crippen LogP contribution in [0.3, 0.4) is 0 Å². The minimum Gasteiger partial charge on any atom is -0.465 e. The predicted molar refractivity (Wildman–Crippen MR) is 112 cm³/mol. The highest BCUT2D eigenvalue weighted by Crippen LogP contribution is 2.44. The van der Waals surface area contributed by atoms with E-state index < -0.39 is 0 Å². The van der Waals surface area contributed by atoms with E-state index in [-0.39, 0.29) is 11.4 Å². The Balaban J connectivity index is 1.63. The summed E-state index contributed by atoms with van der Waals surface area (Å²) in [6.07, 6.45) is 3.36. The number of carbonyl (C=O) groups is 1. The lowest BCUT2D eigenvalue weighted by molar-refractivity contribution is 0.0600. The number of methoxy groups -OCH3 is 1. The molecule has 2 aromatic rings. The molecular formula is C22H24N2O2S. The number of nitrogens with one attached hydrogen (secondary N) is 1. The van der Waals surface area contributed by atoms with E-state index in [0.717, 1.165) is 30.7 Å². The molecule has 1 saturated heterocycles. The third-order valence-corrected chi connectivity index (χ3v) is 6.50. The molecule has 2 aliphatic heterocycles. The van der Waals surface area contributed by atoms with Crippen LogP contribution in [0.1, 0.15) is 34.3 Å². The van der Waals surface area contributed by atoms with Crippen molar-refractivity contribution in [3.05, 3.63) is 65.2 Å². The van der Waals surface area contributed by atoms with E-state index in [2.05, 4.69) is 29.6 Å². The Kier molecular flexibility index (Phi) is 5.21. The second-order valence-corrected chi connectivity index (χ2v) is 8.43. The molecule has 0 amide bonds. The van der Waals surface area contributed by atoms with Crippen molar-refractivity contribution in [3.8, 4) is 0 Å². The van der Waals surface area contributed by atoms with Gasteiger partial charge in [0.15, 0.2) is 0 Å². The van der Waals surface area contributed by atoms with Gasteiger partial charge in [0.1, 0.15) is 5.84 Å². The van der Waals surface area contributed by atoms with Crippen LogP contribution in [0.4, 0.5) is 5.69 Å². The van der Waals surface area contributed by atoms with Crippen LogP contribution < -0.4 is 5.32 Å². The van der Waals surface area contributed by atoms with E-state index in [1.165, 1.54) is 29.9 Å². The molecule has 5 heteroatoms. The highest BCUT2D eigenvalue weighted by Gasteiger charge is 2.41. The van der Waals surface area contributed by atoms with Crippen molar-refractivity contribution in [2.75, 3.05) is 23.9 Å². The number of amidine groups is 1. The molecule has 2 heterocycles. The molecule has 4 nitrogen and oxygen atoms in total. The lowest BCUT2D eigenvalue weighted by Crippen LogP contribution is -2.44. The maximum Gasteiger partial charge on any atom is 0.337 e. The zero-order valence-electron chi connectivity index (χ0n) is 15.5. The van der Waals surface area contributed by atoms with Crippen LogP contribution in [0.2, 0.25) is 0 Å². The maximum atomic E-state index is 11.8. The molecule has 0 saturated carbocycles. The van der Waals surface area contributed by atoms with Crippen LogP contribution in [0.25, 0.3) is 0 Å². The first-order valence-electron chi connectivity index (χ1n) is 9.35. The average Bonchev–Trinajstić information content (AvgIpc) is 2.72. The highest BCUT2D eigenvalue weighted by molar-refractivity contribution is 7.99. The Hall–Kier alpha value is -2.27. The number of hydrogen-bond acceptors (Lipinski definition) is 4. The SMILES string of the molecule is COC(=O)c1cccc(CN=C2Nc3ccccc3CC23CCSCC3)c1. The van der Waals surface area contributed by atoms with Gasteiger partial charge >= 0.3 is 5.97 Å². The minimum atomic E-state index is -0.310. The van der Waals surface area contributed by atoms with Gasteiger partial charge in [0.2, 0.25) is 0 Å². The van der Waals surface area contributed by atoms with Crippen molar-refractivity contribution in [1.82, 2.24) is 0 Å². The summed E-state index contributed by atoms with van der Waals surface area (Å²) in [5.74, 6) is 3.15. The van der Waals surface area contributed by atoms with Gasteiger partial charge in [0.25, 0.3) is 0 Å². The van der Waals surface area contributed by atoms with Gasteiger partial charge in [-0.2, -0.15) is 11.8 Å². The molecule has 1 N–H and O–H groups in total. The number of aliphatic imine (C=N–C) groups is 1. The van der Waals surface area contributed by atoms with Gasteiger partial charge in [-0.3, -0.25) is 4.99 Å². The topological polar surface area (TPSA) is 50.7 Å². The summed E-state index contributed by atoms with van der Waals surface area (Å²) in [6.45, 7) is 0.560. The summed E-state index contributed by atoms with van der Waals surface area (Å²) < 4.78 is 4.83. The molecule has 0 radical (unpaired) electrons. The predicted octanol–water partition coefficient (Wildman–Crippen LogP) is 4.55. The number of nitrogens with zero attached hydrogens (tertiary/aromatic N) is 1. The van der Waals surface area contributed by atoms with Crippen molar-refractivity contribution >= 4 is 29.3 Å². The number of fused-ring (bicyclic) bond motifs is 1. The number of anilines is 1. The van der Waals surface area contributed by atoms with Crippen molar-refractivity contribution < 1.29 is 9.53 Å². The molecule has 0 unspecified atom stereocenters. The number of esters is 1. The number of benzene rings is 2. The monoisotopic (exact) mass is 380 g/mol. The van der Waals surface area contributed by atoms with Crippen molar-refractivity contribution in [2.24, 2.45) is 10.4 Å². The van der Waals surface area contributed by atoms with E-state index in [0.29, 0.717) is 12.1 Å². The van der Waals surface area contributed by atoms with E-state index in [1.54, 1.807) is 6.07 Å². The van der Waals surface area contributed by atoms with Gasteiger partial charge < -0.3 is 10.1 Å². The standard InChI is InChI=1S/C22H24N2O2S/c1-26-20(25)17-7-4-5-16(13-17)15-23-21-22(9-11-27-12-10-22)14-18-6-2-3-8-19(18)24-21/h2-8,13H,9-12,14-15H2,1H3,(H,23,24). The number of ether oxygens (including phenoxy) is 1. The molecule has 1 fully saturated rings. The van der Waals surface area contributed by atoms with Crippen molar-refractivity contribution in [3.63, 3.8) is 0 Å². The Morgan fingerprint density at radius 1 is 1.19 bits per heavy atom. The Morgan fingerprint density at radius 3 is 2.81 bits per heavy atom. The third kappa shape index (κ3) is 3.74. The first-order valence-corrected chi connectivity index (χ1v) is 10.5. The lowest BCUT2D eigenvalue weighted by atomic mass is 9.73. The highest BCUT2D eigenvalue weighted by atomic mass is 32.2. The van der Waals surface area contributed by atoms with Gasteiger partial charge in [-0.25, -0.2) is 4.79 Å². The Morgan fingerprint density at radius 2 is 2.00 bits per heavy atom. The number of para-hydroxylation sites is 1. The van der Waals surface area contributed by atoms with E-state index >= 15 is 0 Å². The van der Waals surface area contributed by atoms with E-state index in [4.69, 9.17) is 9.73 Å². The molecule has 1 spiro atoms. The Labute approximate surface area is 164 Å². The van der Waals surface area contributed by atoms with Crippen molar-refractivity contribution in [1.29, 1.82) is 0 Å². The summed E-state index contributed by atoms with van der Waals surface area (Å²) in [5.41, 5.74) is 4.26. The summed E-state index contributed by atoms with van der Waals surface area (Å²) in [6, 6.07) is 16.1. The molecule has 0 bridgehead atoms. The van der Waals surface area contributed by atoms with Crippen molar-refractivity contribution in [2.45, 2.75) is 25.8 Å². The molecule has 0 atom stereocenters. The molecule has 2 aliphatic rings. The van der Waals surface area contributed by atoms with E-state index in [1.807, 2.05) is 30.0 Å². The first-order chi connectivity index (χ1) is 13.2. The molecule has 0 aromatic heterocycles. The number of hydrogen-bond donors (Lipinski definition) is 1. The molecule has 27 heavy (non-hydrogen) atoms. The smallest absolute Gasteiger partial charge is 0.337 e. The quantitative estimate of drug-likeness (QED) is 0.794. The zero-order chi connectivity index (χ0) is 18.7. The van der Waals surface area contributed by atoms with Crippen LogP contribution >= 0.6 is 11.8 Å². The van der Waals surface area contributed by atoms with E-state index in [9.17, 15) is 4.79 Å². The number of rotatable bonds is 3. The lowest BCUT2D eigenvalue weighted by Gasteiger charge is -2.42. The second-order valence-electron chi connectivity index (χ2n) is 7.21. The average molecular weight is 381 g/mol. The van der Waals surface area contributed by atoms with Crippen LogP contribution in [-0.2, 0) is 17.7 Å². The van der Waals surface area contributed by atoms with Gasteiger partial charge in [-0.05, 0) is 60.1 Å². The fourth-order valence-corrected chi connectivity index (χ4v) is 5.25. The molecular weight excluding hydrogens is 356 g/mol. The van der Waals surface area contributed by atoms with Crippen LogP contribution in [0.15, 0.2) is 53.5 Å². The van der Waals surface area contributed by atoms with Gasteiger partial charge in [-0.15, -0.1) is 0 Å². The molecule has 140 valence electrons. The number of carbonyl (C=O) groups excluding carboxylic acids is 1. The third-order valence-electron chi connectivity index (χ3n) is 5.52. The van der Waals surface area contributed by atoms with Crippen LogP contribution in [-0.4, -0.2) is 30.4 Å². The molecule has 2 aromatic carbocycles. The molecule has 4 rings (SSSR count). The summed E-state index contributed by atoms with van der Waals surface area (Å²) >= 11 is 2.03. The fraction of sp³-hybridized carbons (Fsp3) is 0.364. The normalized spacial score (nSPS) is 19.4. The van der Waals surface area contributed by atoms with Gasteiger partial charge in [-0.1, -0.05) is 30.3 Å². The first kappa shape index (κ1) is 18.1. The minimum absolute atomic E-state index is 0.111. The molecule has 0 aliphatic carbocycles. The maximum absolute atomic E-state index is 11.8. The zero-order valence-corrected chi connectivity index (χ0v) is 16.3. The van der Waals surface area contributed by atoms with Gasteiger partial charge in [0.05, 0.1) is 19.2 Å². The summed E-state index contributed by atoms with van der Waals surface area (Å²) in [7, 11) is 1.41. The Bertz CT molecular complexity index is 872. The summed E-state index contributed by atoms with van der Waals surface area (Å²) in [4.78, 5) is 16.8. The number of thioether (sulfide) groups is 1.